The summed E-state index contributed by atoms with van der Waals surface area (Å²) in [6, 6.07) is 12.9. The standard InChI is InChI=1S/C14H16INO/c1-10(2)16-9-13-7-8-14(17-13)11-3-5-12(15)6-4-11/h3-8,10,16H,9H2,1-2H3. The van der Waals surface area contributed by atoms with Crippen molar-refractivity contribution < 1.29 is 4.42 Å². The third-order valence-electron chi connectivity index (χ3n) is 2.47. The van der Waals surface area contributed by atoms with Crippen LogP contribution >= 0.6 is 22.6 Å². The average Bonchev–Trinajstić information content (AvgIpc) is 2.76. The molecule has 0 saturated carbocycles. The molecule has 0 fully saturated rings. The Morgan fingerprint density at radius 1 is 1.12 bits per heavy atom. The summed E-state index contributed by atoms with van der Waals surface area (Å²) < 4.78 is 7.03. The average molecular weight is 341 g/mol. The fourth-order valence-electron chi connectivity index (χ4n) is 1.55. The van der Waals surface area contributed by atoms with Gasteiger partial charge in [-0.15, -0.1) is 0 Å². The molecular formula is C14H16INO. The van der Waals surface area contributed by atoms with Gasteiger partial charge in [0, 0.05) is 15.2 Å². The van der Waals surface area contributed by atoms with Gasteiger partial charge < -0.3 is 9.73 Å². The van der Waals surface area contributed by atoms with Crippen LogP contribution in [0, 0.1) is 3.57 Å². The Morgan fingerprint density at radius 2 is 1.82 bits per heavy atom. The Bertz CT molecular complexity index is 473. The SMILES string of the molecule is CC(C)NCc1ccc(-c2ccc(I)cc2)o1. The van der Waals surface area contributed by atoms with Gasteiger partial charge >= 0.3 is 0 Å². The van der Waals surface area contributed by atoms with Crippen molar-refractivity contribution in [3.63, 3.8) is 0 Å². The first-order chi connectivity index (χ1) is 8.15. The summed E-state index contributed by atoms with van der Waals surface area (Å²) in [6.07, 6.45) is 0. The summed E-state index contributed by atoms with van der Waals surface area (Å²) in [6.45, 7) is 5.04. The van der Waals surface area contributed by atoms with Crippen LogP contribution in [0.25, 0.3) is 11.3 Å². The van der Waals surface area contributed by atoms with E-state index in [2.05, 4.69) is 66.0 Å². The smallest absolute Gasteiger partial charge is 0.134 e. The summed E-state index contributed by atoms with van der Waals surface area (Å²) in [5, 5.41) is 3.34. The summed E-state index contributed by atoms with van der Waals surface area (Å²) in [5.41, 5.74) is 1.13. The molecule has 0 aliphatic heterocycles. The Kier molecular flexibility index (Phi) is 4.23. The van der Waals surface area contributed by atoms with E-state index >= 15 is 0 Å². The minimum absolute atomic E-state index is 0.474. The van der Waals surface area contributed by atoms with Crippen molar-refractivity contribution in [2.45, 2.75) is 26.4 Å². The van der Waals surface area contributed by atoms with Gasteiger partial charge in [0.05, 0.1) is 6.54 Å². The highest BCUT2D eigenvalue weighted by Gasteiger charge is 2.04. The van der Waals surface area contributed by atoms with Gasteiger partial charge in [-0.05, 0) is 46.9 Å². The zero-order valence-corrected chi connectivity index (χ0v) is 12.2. The van der Waals surface area contributed by atoms with Crippen molar-refractivity contribution in [3.05, 3.63) is 45.7 Å². The number of nitrogens with one attached hydrogen (secondary N) is 1. The summed E-state index contributed by atoms with van der Waals surface area (Å²) >= 11 is 2.30. The number of hydrogen-bond donors (Lipinski definition) is 1. The molecular weight excluding hydrogens is 325 g/mol. The third-order valence-corrected chi connectivity index (χ3v) is 3.19. The van der Waals surface area contributed by atoms with Crippen LogP contribution in [-0.4, -0.2) is 6.04 Å². The van der Waals surface area contributed by atoms with E-state index in [4.69, 9.17) is 4.42 Å². The normalized spacial score (nSPS) is 11.1. The van der Waals surface area contributed by atoms with E-state index in [1.165, 1.54) is 3.57 Å². The highest BCUT2D eigenvalue weighted by molar-refractivity contribution is 14.1. The van der Waals surface area contributed by atoms with Crippen molar-refractivity contribution in [1.82, 2.24) is 5.32 Å². The molecule has 0 saturated heterocycles. The molecule has 0 unspecified atom stereocenters. The summed E-state index contributed by atoms with van der Waals surface area (Å²) in [5.74, 6) is 1.91. The second kappa shape index (κ2) is 5.69. The quantitative estimate of drug-likeness (QED) is 0.849. The molecule has 0 radical (unpaired) electrons. The highest BCUT2D eigenvalue weighted by atomic mass is 127. The molecule has 0 aliphatic rings. The van der Waals surface area contributed by atoms with Crippen LogP contribution in [-0.2, 0) is 6.54 Å². The molecule has 0 amide bonds. The van der Waals surface area contributed by atoms with Crippen LogP contribution in [0.1, 0.15) is 19.6 Å². The predicted molar refractivity (Wildman–Crippen MR) is 78.8 cm³/mol. The van der Waals surface area contributed by atoms with Crippen LogP contribution in [0.4, 0.5) is 0 Å². The maximum atomic E-state index is 5.80. The molecule has 2 aromatic rings. The van der Waals surface area contributed by atoms with Gasteiger partial charge in [-0.3, -0.25) is 0 Å². The monoisotopic (exact) mass is 341 g/mol. The molecule has 1 aromatic heterocycles. The molecule has 1 heterocycles. The van der Waals surface area contributed by atoms with Crippen molar-refractivity contribution >= 4 is 22.6 Å². The van der Waals surface area contributed by atoms with Gasteiger partial charge in [0.25, 0.3) is 0 Å². The molecule has 17 heavy (non-hydrogen) atoms. The van der Waals surface area contributed by atoms with Gasteiger partial charge in [-0.25, -0.2) is 0 Å². The van der Waals surface area contributed by atoms with Crippen LogP contribution in [0.5, 0.6) is 0 Å². The van der Waals surface area contributed by atoms with Crippen molar-refractivity contribution in [3.8, 4) is 11.3 Å². The van der Waals surface area contributed by atoms with E-state index in [0.29, 0.717) is 6.04 Å². The second-order valence-electron chi connectivity index (χ2n) is 4.31. The Hall–Kier alpha value is -0.810. The molecule has 2 nitrogen and oxygen atoms in total. The zero-order chi connectivity index (χ0) is 12.3. The first-order valence-corrected chi connectivity index (χ1v) is 6.81. The lowest BCUT2D eigenvalue weighted by Crippen LogP contribution is -2.21. The molecule has 1 N–H and O–H groups in total. The molecule has 1 aromatic carbocycles. The summed E-state index contributed by atoms with van der Waals surface area (Å²) in [7, 11) is 0. The van der Waals surface area contributed by atoms with E-state index in [9.17, 15) is 0 Å². The van der Waals surface area contributed by atoms with Crippen molar-refractivity contribution in [2.24, 2.45) is 0 Å². The van der Waals surface area contributed by atoms with Crippen molar-refractivity contribution in [2.75, 3.05) is 0 Å². The predicted octanol–water partition coefficient (Wildman–Crippen LogP) is 4.05. The lowest BCUT2D eigenvalue weighted by molar-refractivity contribution is 0.473. The largest absolute Gasteiger partial charge is 0.460 e. The van der Waals surface area contributed by atoms with Gasteiger partial charge in [0.15, 0.2) is 0 Å². The van der Waals surface area contributed by atoms with E-state index in [0.717, 1.165) is 23.6 Å². The van der Waals surface area contributed by atoms with Crippen LogP contribution in [0.2, 0.25) is 0 Å². The van der Waals surface area contributed by atoms with Crippen LogP contribution < -0.4 is 5.32 Å². The number of rotatable bonds is 4. The van der Waals surface area contributed by atoms with Crippen LogP contribution in [0.3, 0.4) is 0 Å². The van der Waals surface area contributed by atoms with E-state index in [1.807, 2.05) is 12.1 Å². The lowest BCUT2D eigenvalue weighted by Gasteiger charge is -2.05. The van der Waals surface area contributed by atoms with Gasteiger partial charge in [-0.2, -0.15) is 0 Å². The minimum atomic E-state index is 0.474. The van der Waals surface area contributed by atoms with Gasteiger partial charge in [0.1, 0.15) is 11.5 Å². The van der Waals surface area contributed by atoms with E-state index < -0.39 is 0 Å². The number of furan rings is 1. The molecule has 0 bridgehead atoms. The Morgan fingerprint density at radius 3 is 2.47 bits per heavy atom. The first kappa shape index (κ1) is 12.6. The Balaban J connectivity index is 2.10. The molecule has 3 heteroatoms. The van der Waals surface area contributed by atoms with E-state index in [1.54, 1.807) is 0 Å². The number of benzene rings is 1. The van der Waals surface area contributed by atoms with Gasteiger partial charge in [0.2, 0.25) is 0 Å². The van der Waals surface area contributed by atoms with Crippen LogP contribution in [0.15, 0.2) is 40.8 Å². The minimum Gasteiger partial charge on any atom is -0.460 e. The third kappa shape index (κ3) is 3.57. The summed E-state index contributed by atoms with van der Waals surface area (Å²) in [4.78, 5) is 0. The molecule has 0 spiro atoms. The topological polar surface area (TPSA) is 25.2 Å². The molecule has 2 rings (SSSR count). The number of halogens is 1. The van der Waals surface area contributed by atoms with Crippen molar-refractivity contribution in [1.29, 1.82) is 0 Å². The molecule has 0 atom stereocenters. The molecule has 0 aliphatic carbocycles. The fourth-order valence-corrected chi connectivity index (χ4v) is 1.91. The first-order valence-electron chi connectivity index (χ1n) is 5.73. The Labute approximate surface area is 116 Å². The second-order valence-corrected chi connectivity index (χ2v) is 5.55. The maximum absolute atomic E-state index is 5.80. The highest BCUT2D eigenvalue weighted by Crippen LogP contribution is 2.22. The van der Waals surface area contributed by atoms with E-state index in [-0.39, 0.29) is 0 Å². The van der Waals surface area contributed by atoms with Gasteiger partial charge in [-0.1, -0.05) is 26.0 Å². The zero-order valence-electron chi connectivity index (χ0n) is 10.0. The molecule has 90 valence electrons. The maximum Gasteiger partial charge on any atom is 0.134 e. The lowest BCUT2D eigenvalue weighted by atomic mass is 10.2. The fraction of sp³-hybridized carbons (Fsp3) is 0.286. The number of hydrogen-bond acceptors (Lipinski definition) is 2.